The second-order valence-corrected chi connectivity index (χ2v) is 7.13. The second kappa shape index (κ2) is 8.32. The highest BCUT2D eigenvalue weighted by atomic mass is 16.6. The fraction of sp³-hybridized carbons (Fsp3) is 0.812. The Bertz CT molecular complexity index is 475. The highest BCUT2D eigenvalue weighted by Crippen LogP contribution is 2.19. The van der Waals surface area contributed by atoms with Gasteiger partial charge in [-0.2, -0.15) is 0 Å². The van der Waals surface area contributed by atoms with E-state index >= 15 is 0 Å². The zero-order chi connectivity index (χ0) is 18.5. The van der Waals surface area contributed by atoms with E-state index in [0.29, 0.717) is 6.54 Å². The molecule has 1 fully saturated rings. The predicted molar refractivity (Wildman–Crippen MR) is 90.7 cm³/mol. The summed E-state index contributed by atoms with van der Waals surface area (Å²) in [5, 5.41) is 4.65. The lowest BCUT2D eigenvalue weighted by Crippen LogP contribution is -2.56. The first-order valence-electron chi connectivity index (χ1n) is 8.27. The average molecular weight is 342 g/mol. The van der Waals surface area contributed by atoms with Crippen LogP contribution in [-0.4, -0.2) is 72.7 Å². The van der Waals surface area contributed by atoms with Crippen molar-refractivity contribution in [3.05, 3.63) is 0 Å². The Balaban J connectivity index is 2.64. The molecule has 1 heterocycles. The van der Waals surface area contributed by atoms with E-state index in [-0.39, 0.29) is 18.0 Å². The highest BCUT2D eigenvalue weighted by Gasteiger charge is 2.32. The number of rotatable bonds is 3. The van der Waals surface area contributed by atoms with Crippen molar-refractivity contribution in [2.45, 2.75) is 58.2 Å². The van der Waals surface area contributed by atoms with E-state index in [4.69, 9.17) is 4.74 Å². The molecule has 24 heavy (non-hydrogen) atoms. The number of hydrogen-bond acceptors (Lipinski definition) is 5. The van der Waals surface area contributed by atoms with Gasteiger partial charge in [-0.25, -0.2) is 9.59 Å². The summed E-state index contributed by atoms with van der Waals surface area (Å²) in [5.74, 6) is -0.352. The van der Waals surface area contributed by atoms with Crippen molar-refractivity contribution in [2.24, 2.45) is 0 Å². The summed E-state index contributed by atoms with van der Waals surface area (Å²) in [6.45, 7) is 8.57. The minimum absolute atomic E-state index is 0.0242. The van der Waals surface area contributed by atoms with Gasteiger partial charge in [-0.3, -0.25) is 15.0 Å². The predicted octanol–water partition coefficient (Wildman–Crippen LogP) is 1.16. The number of imide groups is 1. The summed E-state index contributed by atoms with van der Waals surface area (Å²) in [5.41, 5.74) is -0.541. The van der Waals surface area contributed by atoms with Gasteiger partial charge < -0.3 is 15.0 Å². The normalized spacial score (nSPS) is 20.0. The molecule has 0 unspecified atom stereocenters. The Kier molecular flexibility index (Phi) is 7.01. The molecule has 0 aromatic heterocycles. The fourth-order valence-corrected chi connectivity index (χ4v) is 2.58. The van der Waals surface area contributed by atoms with Crippen LogP contribution in [0.5, 0.6) is 0 Å². The van der Waals surface area contributed by atoms with Gasteiger partial charge in [-0.05, 0) is 47.1 Å². The van der Waals surface area contributed by atoms with E-state index in [2.05, 4.69) is 10.6 Å². The monoisotopic (exact) mass is 342 g/mol. The van der Waals surface area contributed by atoms with Crippen molar-refractivity contribution in [1.82, 2.24) is 20.4 Å². The maximum absolute atomic E-state index is 12.2. The smallest absolute Gasteiger partial charge is 0.410 e. The van der Waals surface area contributed by atoms with Crippen molar-refractivity contribution < 1.29 is 19.1 Å². The first kappa shape index (κ1) is 20.2. The largest absolute Gasteiger partial charge is 0.444 e. The highest BCUT2D eigenvalue weighted by molar-refractivity contribution is 5.96. The Morgan fingerprint density at radius 1 is 1.29 bits per heavy atom. The number of ether oxygens (including phenoxy) is 1. The molecule has 0 saturated carbocycles. The van der Waals surface area contributed by atoms with Gasteiger partial charge in [0, 0.05) is 26.7 Å². The molecule has 0 aromatic carbocycles. The molecule has 0 aromatic rings. The third-order valence-corrected chi connectivity index (χ3v) is 4.05. The van der Waals surface area contributed by atoms with Crippen molar-refractivity contribution in [1.29, 1.82) is 0 Å². The average Bonchev–Trinajstić information content (AvgIpc) is 2.51. The summed E-state index contributed by atoms with van der Waals surface area (Å²) >= 11 is 0. The van der Waals surface area contributed by atoms with Crippen molar-refractivity contribution in [3.63, 3.8) is 0 Å². The number of hydrogen-bond donors (Lipinski definition) is 2. The minimum atomic E-state index is -0.541. The second-order valence-electron chi connectivity index (χ2n) is 7.13. The zero-order valence-corrected chi connectivity index (χ0v) is 15.5. The van der Waals surface area contributed by atoms with E-state index in [0.717, 1.165) is 19.4 Å². The maximum atomic E-state index is 12.2. The fourth-order valence-electron chi connectivity index (χ4n) is 2.58. The summed E-state index contributed by atoms with van der Waals surface area (Å²) in [6, 6.07) is -0.993. The molecule has 8 nitrogen and oxygen atoms in total. The first-order valence-corrected chi connectivity index (χ1v) is 8.27. The number of nitrogens with one attached hydrogen (secondary N) is 2. The number of urea groups is 1. The van der Waals surface area contributed by atoms with E-state index in [9.17, 15) is 14.4 Å². The molecular formula is C16H30N4O4. The Morgan fingerprint density at radius 3 is 2.46 bits per heavy atom. The standard InChI is InChI=1S/C16H30N4O4/c1-11(13(21)18-14(22)17-5)20-9-7-8-12(10-20)19(6)15(23)24-16(2,3)4/h11-12H,7-10H2,1-6H3,(H2,17,18,21,22)/t11-,12+/m0/s1. The van der Waals surface area contributed by atoms with E-state index < -0.39 is 17.7 Å². The topological polar surface area (TPSA) is 91.0 Å². The van der Waals surface area contributed by atoms with Gasteiger partial charge >= 0.3 is 12.1 Å². The molecule has 1 rings (SSSR count). The van der Waals surface area contributed by atoms with Gasteiger partial charge in [0.25, 0.3) is 0 Å². The molecule has 2 atom stereocenters. The number of nitrogens with zero attached hydrogens (tertiary/aromatic N) is 2. The van der Waals surface area contributed by atoms with Gasteiger partial charge in [-0.1, -0.05) is 0 Å². The number of carbonyl (C=O) groups excluding carboxylic acids is 3. The van der Waals surface area contributed by atoms with Crippen LogP contribution in [0.1, 0.15) is 40.5 Å². The summed E-state index contributed by atoms with van der Waals surface area (Å²) < 4.78 is 5.40. The number of amides is 4. The molecule has 0 aliphatic carbocycles. The molecule has 2 N–H and O–H groups in total. The molecule has 0 bridgehead atoms. The first-order chi connectivity index (χ1) is 11.0. The molecule has 1 saturated heterocycles. The number of carbonyl (C=O) groups is 3. The molecule has 1 aliphatic rings. The third kappa shape index (κ3) is 5.99. The summed E-state index contributed by atoms with van der Waals surface area (Å²) in [7, 11) is 3.18. The molecule has 0 radical (unpaired) electrons. The van der Waals surface area contributed by atoms with Gasteiger partial charge in [0.05, 0.1) is 6.04 Å². The van der Waals surface area contributed by atoms with Crippen LogP contribution in [0.3, 0.4) is 0 Å². The lowest BCUT2D eigenvalue weighted by atomic mass is 10.0. The third-order valence-electron chi connectivity index (χ3n) is 4.05. The van der Waals surface area contributed by atoms with Crippen LogP contribution in [0, 0.1) is 0 Å². The molecule has 4 amide bonds. The zero-order valence-electron chi connectivity index (χ0n) is 15.5. The maximum Gasteiger partial charge on any atom is 0.410 e. The van der Waals surface area contributed by atoms with Crippen molar-refractivity contribution in [2.75, 3.05) is 27.2 Å². The quantitative estimate of drug-likeness (QED) is 0.803. The lowest BCUT2D eigenvalue weighted by molar-refractivity contribution is -0.125. The van der Waals surface area contributed by atoms with E-state index in [1.807, 2.05) is 25.7 Å². The van der Waals surface area contributed by atoms with Crippen LogP contribution < -0.4 is 10.6 Å². The van der Waals surface area contributed by atoms with E-state index in [1.165, 1.54) is 7.05 Å². The van der Waals surface area contributed by atoms with Gasteiger partial charge in [0.2, 0.25) is 5.91 Å². The Labute approximate surface area is 143 Å². The minimum Gasteiger partial charge on any atom is -0.444 e. The molecule has 0 spiro atoms. The Morgan fingerprint density at radius 2 is 1.92 bits per heavy atom. The Hall–Kier alpha value is -1.83. The van der Waals surface area contributed by atoms with Crippen LogP contribution in [0.25, 0.3) is 0 Å². The summed E-state index contributed by atoms with van der Waals surface area (Å²) in [4.78, 5) is 39.1. The number of piperidine rings is 1. The van der Waals surface area contributed by atoms with Gasteiger partial charge in [0.1, 0.15) is 5.60 Å². The van der Waals surface area contributed by atoms with Crippen LogP contribution in [0.15, 0.2) is 0 Å². The molecule has 138 valence electrons. The number of likely N-dealkylation sites (tertiary alicyclic amines) is 1. The molecular weight excluding hydrogens is 312 g/mol. The lowest BCUT2D eigenvalue weighted by Gasteiger charge is -2.40. The SMILES string of the molecule is CNC(=O)NC(=O)[C@H](C)N1CCC[C@@H](N(C)C(=O)OC(C)(C)C)C1. The van der Waals surface area contributed by atoms with Crippen LogP contribution in [0.4, 0.5) is 9.59 Å². The molecule has 8 heteroatoms. The molecule has 1 aliphatic heterocycles. The van der Waals surface area contributed by atoms with Crippen LogP contribution >= 0.6 is 0 Å². The van der Waals surface area contributed by atoms with Crippen molar-refractivity contribution >= 4 is 18.0 Å². The van der Waals surface area contributed by atoms with Gasteiger partial charge in [-0.15, -0.1) is 0 Å². The summed E-state index contributed by atoms with van der Waals surface area (Å²) in [6.07, 6.45) is 1.36. The van der Waals surface area contributed by atoms with Gasteiger partial charge in [0.15, 0.2) is 0 Å². The number of likely N-dealkylation sites (N-methyl/N-ethyl adjacent to an activating group) is 1. The van der Waals surface area contributed by atoms with Crippen molar-refractivity contribution in [3.8, 4) is 0 Å². The van der Waals surface area contributed by atoms with Crippen LogP contribution in [-0.2, 0) is 9.53 Å². The van der Waals surface area contributed by atoms with Crippen LogP contribution in [0.2, 0.25) is 0 Å². The van der Waals surface area contributed by atoms with E-state index in [1.54, 1.807) is 18.9 Å².